The van der Waals surface area contributed by atoms with Gasteiger partial charge in [0.1, 0.15) is 5.82 Å². The number of imide groups is 1. The number of hydrogen-bond acceptors (Lipinski definition) is 3. The molecule has 0 heterocycles. The number of nitrogens with one attached hydrogen (secondary N) is 2. The minimum Gasteiger partial charge on any atom is -0.478 e. The molecule has 1 rings (SSSR count). The van der Waals surface area contributed by atoms with Crippen LogP contribution in [0, 0.1) is 12.7 Å². The van der Waals surface area contributed by atoms with Crippen molar-refractivity contribution in [1.29, 1.82) is 0 Å². The molecular weight excluding hydrogens is 255 g/mol. The van der Waals surface area contributed by atoms with Crippen molar-refractivity contribution in [3.05, 3.63) is 41.7 Å². The highest BCUT2D eigenvalue weighted by Crippen LogP contribution is 2.16. The van der Waals surface area contributed by atoms with Gasteiger partial charge in [-0.1, -0.05) is 6.07 Å². The van der Waals surface area contributed by atoms with Crippen LogP contribution in [0.5, 0.6) is 0 Å². The lowest BCUT2D eigenvalue weighted by Crippen LogP contribution is -2.33. The number of aliphatic carboxylic acids is 1. The third-order valence-corrected chi connectivity index (χ3v) is 2.13. The lowest BCUT2D eigenvalue weighted by atomic mass is 10.2. The Morgan fingerprint density at radius 1 is 1.26 bits per heavy atom. The zero-order chi connectivity index (χ0) is 14.4. The van der Waals surface area contributed by atoms with Crippen LogP contribution in [0.1, 0.15) is 5.56 Å². The minimum atomic E-state index is -1.31. The van der Waals surface area contributed by atoms with E-state index in [2.05, 4.69) is 5.32 Å². The monoisotopic (exact) mass is 266 g/mol. The number of carboxylic acid groups (broad SMARTS) is 1. The summed E-state index contributed by atoms with van der Waals surface area (Å²) in [4.78, 5) is 32.6. The van der Waals surface area contributed by atoms with E-state index in [9.17, 15) is 18.8 Å². The Bertz CT molecular complexity index is 555. The molecule has 0 unspecified atom stereocenters. The molecule has 1 aromatic carbocycles. The van der Waals surface area contributed by atoms with Gasteiger partial charge in [-0.25, -0.2) is 14.0 Å². The maximum atomic E-state index is 13.2. The number of halogens is 1. The van der Waals surface area contributed by atoms with E-state index in [1.807, 2.05) is 5.32 Å². The standard InChI is InChI=1S/C12H11FN2O4/c1-7-8(13)3-2-4-9(7)14-12(19)15-10(16)5-6-11(17)18/h2-6H,1H3,(H,17,18)(H2,14,15,16,19)/b6-5+. The Morgan fingerprint density at radius 2 is 1.95 bits per heavy atom. The summed E-state index contributed by atoms with van der Waals surface area (Å²) in [6, 6.07) is 3.23. The summed E-state index contributed by atoms with van der Waals surface area (Å²) in [7, 11) is 0. The number of amides is 3. The smallest absolute Gasteiger partial charge is 0.328 e. The van der Waals surface area contributed by atoms with E-state index in [1.54, 1.807) is 0 Å². The third-order valence-electron chi connectivity index (χ3n) is 2.13. The molecule has 19 heavy (non-hydrogen) atoms. The van der Waals surface area contributed by atoms with Gasteiger partial charge in [-0.05, 0) is 19.1 Å². The molecule has 0 saturated heterocycles. The number of benzene rings is 1. The van der Waals surface area contributed by atoms with Gasteiger partial charge < -0.3 is 10.4 Å². The lowest BCUT2D eigenvalue weighted by Gasteiger charge is -2.08. The van der Waals surface area contributed by atoms with Crippen molar-refractivity contribution in [2.75, 3.05) is 5.32 Å². The molecule has 0 atom stereocenters. The summed E-state index contributed by atoms with van der Waals surface area (Å²) < 4.78 is 13.2. The molecule has 1 aromatic rings. The quantitative estimate of drug-likeness (QED) is 0.721. The minimum absolute atomic E-state index is 0.215. The molecule has 0 saturated carbocycles. The first-order valence-electron chi connectivity index (χ1n) is 5.18. The first kappa shape index (κ1) is 14.4. The molecule has 0 fully saturated rings. The Morgan fingerprint density at radius 3 is 2.58 bits per heavy atom. The second-order valence-corrected chi connectivity index (χ2v) is 3.53. The molecule has 3 amide bonds. The van der Waals surface area contributed by atoms with Gasteiger partial charge in [-0.2, -0.15) is 0 Å². The maximum absolute atomic E-state index is 13.2. The molecular formula is C12H11FN2O4. The van der Waals surface area contributed by atoms with Crippen LogP contribution < -0.4 is 10.6 Å². The molecule has 7 heteroatoms. The van der Waals surface area contributed by atoms with Crippen LogP contribution >= 0.6 is 0 Å². The molecule has 6 nitrogen and oxygen atoms in total. The lowest BCUT2D eigenvalue weighted by molar-refractivity contribution is -0.131. The van der Waals surface area contributed by atoms with E-state index >= 15 is 0 Å². The molecule has 0 spiro atoms. The van der Waals surface area contributed by atoms with Gasteiger partial charge in [-0.3, -0.25) is 10.1 Å². The summed E-state index contributed by atoms with van der Waals surface area (Å²) >= 11 is 0. The Hall–Kier alpha value is -2.70. The Labute approximate surface area is 107 Å². The number of anilines is 1. The van der Waals surface area contributed by atoms with Crippen LogP contribution in [0.15, 0.2) is 30.4 Å². The number of rotatable bonds is 3. The van der Waals surface area contributed by atoms with Gasteiger partial charge in [0.25, 0.3) is 5.91 Å². The third kappa shape index (κ3) is 4.58. The Balaban J connectivity index is 2.63. The molecule has 0 aliphatic rings. The predicted octanol–water partition coefficient (Wildman–Crippen LogP) is 1.42. The number of urea groups is 1. The number of carboxylic acids is 1. The molecule has 0 radical (unpaired) electrons. The van der Waals surface area contributed by atoms with Crippen LogP contribution in [0.3, 0.4) is 0 Å². The van der Waals surface area contributed by atoms with Crippen molar-refractivity contribution in [2.24, 2.45) is 0 Å². The highest BCUT2D eigenvalue weighted by atomic mass is 19.1. The fourth-order valence-corrected chi connectivity index (χ4v) is 1.20. The van der Waals surface area contributed by atoms with E-state index in [-0.39, 0.29) is 11.3 Å². The van der Waals surface area contributed by atoms with Gasteiger partial charge in [0.05, 0.1) is 0 Å². The van der Waals surface area contributed by atoms with Gasteiger partial charge in [0, 0.05) is 23.4 Å². The normalized spacial score (nSPS) is 10.2. The van der Waals surface area contributed by atoms with Gasteiger partial charge >= 0.3 is 12.0 Å². The van der Waals surface area contributed by atoms with Crippen LogP contribution in [-0.2, 0) is 9.59 Å². The van der Waals surface area contributed by atoms with Crippen molar-refractivity contribution in [2.45, 2.75) is 6.92 Å². The van der Waals surface area contributed by atoms with E-state index in [0.717, 1.165) is 0 Å². The zero-order valence-electron chi connectivity index (χ0n) is 9.94. The van der Waals surface area contributed by atoms with Crippen molar-refractivity contribution < 1.29 is 23.9 Å². The number of hydrogen-bond donors (Lipinski definition) is 3. The summed E-state index contributed by atoms with van der Waals surface area (Å²) in [5, 5.41) is 12.4. The van der Waals surface area contributed by atoms with Crippen LogP contribution in [0.25, 0.3) is 0 Å². The first-order chi connectivity index (χ1) is 8.90. The molecule has 3 N–H and O–H groups in total. The molecule has 100 valence electrons. The summed E-state index contributed by atoms with van der Waals surface area (Å²) in [5.41, 5.74) is 0.443. The van der Waals surface area contributed by atoms with Crippen molar-refractivity contribution >= 4 is 23.6 Å². The topological polar surface area (TPSA) is 95.5 Å². The van der Waals surface area contributed by atoms with E-state index in [0.29, 0.717) is 12.2 Å². The first-order valence-corrected chi connectivity index (χ1v) is 5.18. The second kappa shape index (κ2) is 6.29. The highest BCUT2D eigenvalue weighted by Gasteiger charge is 2.09. The average molecular weight is 266 g/mol. The fourth-order valence-electron chi connectivity index (χ4n) is 1.20. The molecule has 0 aliphatic carbocycles. The van der Waals surface area contributed by atoms with Crippen LogP contribution in [-0.4, -0.2) is 23.0 Å². The van der Waals surface area contributed by atoms with Gasteiger partial charge in [0.15, 0.2) is 0 Å². The van der Waals surface area contributed by atoms with Crippen molar-refractivity contribution in [3.63, 3.8) is 0 Å². The predicted molar refractivity (Wildman–Crippen MR) is 65.1 cm³/mol. The molecule has 0 aliphatic heterocycles. The SMILES string of the molecule is Cc1c(F)cccc1NC(=O)NC(=O)/C=C/C(=O)O. The average Bonchev–Trinajstić information content (AvgIpc) is 2.32. The van der Waals surface area contributed by atoms with Gasteiger partial charge in [0.2, 0.25) is 0 Å². The van der Waals surface area contributed by atoms with Crippen molar-refractivity contribution in [1.82, 2.24) is 5.32 Å². The zero-order valence-corrected chi connectivity index (χ0v) is 9.94. The van der Waals surface area contributed by atoms with Crippen LogP contribution in [0.2, 0.25) is 0 Å². The largest absolute Gasteiger partial charge is 0.478 e. The summed E-state index contributed by atoms with van der Waals surface area (Å²) in [5.74, 6) is -2.69. The van der Waals surface area contributed by atoms with Crippen LogP contribution in [0.4, 0.5) is 14.9 Å². The fraction of sp³-hybridized carbons (Fsp3) is 0.0833. The molecule has 0 aromatic heterocycles. The van der Waals surface area contributed by atoms with E-state index in [4.69, 9.17) is 5.11 Å². The summed E-state index contributed by atoms with van der Waals surface area (Å²) in [6.07, 6.45) is 1.29. The van der Waals surface area contributed by atoms with E-state index in [1.165, 1.54) is 25.1 Å². The molecule has 0 bridgehead atoms. The number of carbonyl (C=O) groups is 3. The number of carbonyl (C=O) groups excluding carboxylic acids is 2. The van der Waals surface area contributed by atoms with Gasteiger partial charge in [-0.15, -0.1) is 0 Å². The highest BCUT2D eigenvalue weighted by molar-refractivity contribution is 6.06. The van der Waals surface area contributed by atoms with Crippen molar-refractivity contribution in [3.8, 4) is 0 Å². The summed E-state index contributed by atoms with van der Waals surface area (Å²) in [6.45, 7) is 1.47. The van der Waals surface area contributed by atoms with E-state index < -0.39 is 23.7 Å². The maximum Gasteiger partial charge on any atom is 0.328 e. The Kier molecular flexibility index (Phi) is 4.76. The second-order valence-electron chi connectivity index (χ2n) is 3.53.